The van der Waals surface area contributed by atoms with Crippen LogP contribution in [-0.2, 0) is 6.54 Å². The molecule has 0 spiro atoms. The number of benzene rings is 1. The summed E-state index contributed by atoms with van der Waals surface area (Å²) in [5, 5.41) is 3.19. The number of piperidine rings is 1. The van der Waals surface area contributed by atoms with E-state index < -0.39 is 0 Å². The Labute approximate surface area is 183 Å². The predicted molar refractivity (Wildman–Crippen MR) is 123 cm³/mol. The third-order valence-corrected chi connectivity index (χ3v) is 5.77. The number of hydrogen-bond acceptors (Lipinski definition) is 6. The van der Waals surface area contributed by atoms with Crippen LogP contribution in [0.4, 0.5) is 16.2 Å². The molecule has 0 bridgehead atoms. The van der Waals surface area contributed by atoms with Crippen molar-refractivity contribution in [2.75, 3.05) is 44.4 Å². The molecule has 3 heterocycles. The standard InChI is InChI=1S/C24H29FN6/c1-26-23-19(6-4-12-27-23)16-31-13-5-7-18(15-31)22-21(14-28-24(29-22)30(2)3)17-8-10-20(25)11-9-17/h4,6,8-12,14,18H,5,7,13,15-16H2,1-3H3,(H,26,27)/t18-/m1/s1. The van der Waals surface area contributed by atoms with Crippen molar-refractivity contribution in [2.24, 2.45) is 0 Å². The number of hydrogen-bond donors (Lipinski definition) is 1. The van der Waals surface area contributed by atoms with E-state index in [0.29, 0.717) is 5.95 Å². The number of pyridine rings is 1. The minimum absolute atomic E-state index is 0.239. The first-order chi connectivity index (χ1) is 15.0. The van der Waals surface area contributed by atoms with Crippen molar-refractivity contribution in [1.82, 2.24) is 19.9 Å². The van der Waals surface area contributed by atoms with Gasteiger partial charge in [-0.2, -0.15) is 0 Å². The van der Waals surface area contributed by atoms with Gasteiger partial charge in [0, 0.05) is 63.7 Å². The van der Waals surface area contributed by atoms with Gasteiger partial charge in [0.05, 0.1) is 5.69 Å². The van der Waals surface area contributed by atoms with Crippen LogP contribution in [0.2, 0.25) is 0 Å². The maximum atomic E-state index is 13.5. The third kappa shape index (κ3) is 4.82. The lowest BCUT2D eigenvalue weighted by Gasteiger charge is -2.33. The maximum absolute atomic E-state index is 13.5. The molecule has 2 aromatic heterocycles. The van der Waals surface area contributed by atoms with Crippen LogP contribution < -0.4 is 10.2 Å². The highest BCUT2D eigenvalue weighted by atomic mass is 19.1. The molecule has 0 amide bonds. The van der Waals surface area contributed by atoms with Crippen molar-refractivity contribution in [2.45, 2.75) is 25.3 Å². The van der Waals surface area contributed by atoms with Crippen molar-refractivity contribution < 1.29 is 4.39 Å². The Hall–Kier alpha value is -3.06. The number of nitrogens with zero attached hydrogens (tertiary/aromatic N) is 5. The molecule has 0 aliphatic carbocycles. The molecule has 1 aliphatic rings. The second-order valence-corrected chi connectivity index (χ2v) is 8.21. The molecular formula is C24H29FN6. The Kier molecular flexibility index (Phi) is 6.42. The number of nitrogens with one attached hydrogen (secondary N) is 1. The number of anilines is 2. The van der Waals surface area contributed by atoms with Gasteiger partial charge < -0.3 is 10.2 Å². The molecule has 7 heteroatoms. The van der Waals surface area contributed by atoms with Crippen LogP contribution in [0.15, 0.2) is 48.8 Å². The number of likely N-dealkylation sites (tertiary alicyclic amines) is 1. The Balaban J connectivity index is 1.64. The van der Waals surface area contributed by atoms with Gasteiger partial charge in [-0.15, -0.1) is 0 Å². The molecule has 1 atom stereocenters. The molecule has 4 rings (SSSR count). The lowest BCUT2D eigenvalue weighted by molar-refractivity contribution is 0.199. The van der Waals surface area contributed by atoms with Gasteiger partial charge in [-0.3, -0.25) is 4.90 Å². The second-order valence-electron chi connectivity index (χ2n) is 8.21. The van der Waals surface area contributed by atoms with Gasteiger partial charge in [-0.05, 0) is 43.1 Å². The average molecular weight is 421 g/mol. The van der Waals surface area contributed by atoms with Crippen molar-refractivity contribution in [3.05, 3.63) is 65.9 Å². The fourth-order valence-corrected chi connectivity index (χ4v) is 4.22. The van der Waals surface area contributed by atoms with Crippen LogP contribution in [0.5, 0.6) is 0 Å². The normalized spacial score (nSPS) is 16.8. The molecule has 1 fully saturated rings. The van der Waals surface area contributed by atoms with Gasteiger partial charge in [0.15, 0.2) is 0 Å². The molecule has 0 unspecified atom stereocenters. The van der Waals surface area contributed by atoms with E-state index in [9.17, 15) is 4.39 Å². The molecule has 1 N–H and O–H groups in total. The summed E-state index contributed by atoms with van der Waals surface area (Å²) in [6.45, 7) is 2.81. The largest absolute Gasteiger partial charge is 0.373 e. The zero-order valence-corrected chi connectivity index (χ0v) is 18.3. The van der Waals surface area contributed by atoms with E-state index in [1.54, 1.807) is 0 Å². The van der Waals surface area contributed by atoms with Gasteiger partial charge in [-0.1, -0.05) is 18.2 Å². The predicted octanol–water partition coefficient (Wildman–Crippen LogP) is 4.17. The topological polar surface area (TPSA) is 57.2 Å². The summed E-state index contributed by atoms with van der Waals surface area (Å²) < 4.78 is 13.5. The summed E-state index contributed by atoms with van der Waals surface area (Å²) in [7, 11) is 5.81. The smallest absolute Gasteiger partial charge is 0.225 e. The highest BCUT2D eigenvalue weighted by Crippen LogP contribution is 2.34. The Morgan fingerprint density at radius 1 is 1.16 bits per heavy atom. The molecule has 0 radical (unpaired) electrons. The van der Waals surface area contributed by atoms with Crippen LogP contribution in [0.3, 0.4) is 0 Å². The summed E-state index contributed by atoms with van der Waals surface area (Å²) in [5.41, 5.74) is 4.16. The van der Waals surface area contributed by atoms with Gasteiger partial charge in [0.25, 0.3) is 0 Å². The maximum Gasteiger partial charge on any atom is 0.225 e. The number of halogens is 1. The molecule has 162 valence electrons. The molecule has 1 aromatic carbocycles. The van der Waals surface area contributed by atoms with Crippen molar-refractivity contribution in [3.8, 4) is 11.1 Å². The minimum atomic E-state index is -0.239. The van der Waals surface area contributed by atoms with Crippen LogP contribution in [0.1, 0.15) is 30.0 Å². The molecule has 1 aliphatic heterocycles. The summed E-state index contributed by atoms with van der Waals surface area (Å²) >= 11 is 0. The first-order valence-electron chi connectivity index (χ1n) is 10.7. The first-order valence-corrected chi connectivity index (χ1v) is 10.7. The van der Waals surface area contributed by atoms with E-state index >= 15 is 0 Å². The van der Waals surface area contributed by atoms with E-state index in [-0.39, 0.29) is 11.7 Å². The summed E-state index contributed by atoms with van der Waals surface area (Å²) in [6.07, 6.45) is 5.86. The van der Waals surface area contributed by atoms with E-state index in [0.717, 1.165) is 55.1 Å². The van der Waals surface area contributed by atoms with Crippen molar-refractivity contribution >= 4 is 11.8 Å². The van der Waals surface area contributed by atoms with Gasteiger partial charge in [0.1, 0.15) is 11.6 Å². The van der Waals surface area contributed by atoms with Crippen molar-refractivity contribution in [1.29, 1.82) is 0 Å². The van der Waals surface area contributed by atoms with E-state index in [1.165, 1.54) is 17.7 Å². The summed E-state index contributed by atoms with van der Waals surface area (Å²) in [6, 6.07) is 10.7. The molecule has 3 aromatic rings. The third-order valence-electron chi connectivity index (χ3n) is 5.77. The fourth-order valence-electron chi connectivity index (χ4n) is 4.22. The Morgan fingerprint density at radius 3 is 2.71 bits per heavy atom. The quantitative estimate of drug-likeness (QED) is 0.646. The van der Waals surface area contributed by atoms with Crippen LogP contribution >= 0.6 is 0 Å². The fraction of sp³-hybridized carbons (Fsp3) is 0.375. The van der Waals surface area contributed by atoms with Crippen LogP contribution in [0.25, 0.3) is 11.1 Å². The second kappa shape index (κ2) is 9.39. The Morgan fingerprint density at radius 2 is 1.97 bits per heavy atom. The zero-order valence-electron chi connectivity index (χ0n) is 18.3. The summed E-state index contributed by atoms with van der Waals surface area (Å²) in [4.78, 5) is 18.3. The van der Waals surface area contributed by atoms with Crippen molar-refractivity contribution in [3.63, 3.8) is 0 Å². The minimum Gasteiger partial charge on any atom is -0.373 e. The average Bonchev–Trinajstić information content (AvgIpc) is 2.80. The van der Waals surface area contributed by atoms with Crippen LogP contribution in [0, 0.1) is 5.82 Å². The zero-order chi connectivity index (χ0) is 21.8. The highest BCUT2D eigenvalue weighted by Gasteiger charge is 2.26. The van der Waals surface area contributed by atoms with Gasteiger partial charge in [0.2, 0.25) is 5.95 Å². The molecule has 0 saturated carbocycles. The van der Waals surface area contributed by atoms with E-state index in [2.05, 4.69) is 26.3 Å². The molecule has 1 saturated heterocycles. The highest BCUT2D eigenvalue weighted by molar-refractivity contribution is 5.66. The van der Waals surface area contributed by atoms with Gasteiger partial charge in [-0.25, -0.2) is 19.3 Å². The first kappa shape index (κ1) is 21.2. The number of aromatic nitrogens is 3. The summed E-state index contributed by atoms with van der Waals surface area (Å²) in [5.74, 6) is 1.67. The van der Waals surface area contributed by atoms with Gasteiger partial charge >= 0.3 is 0 Å². The number of rotatable bonds is 6. The SMILES string of the molecule is CNc1ncccc1CN1CCC[C@@H](c2nc(N(C)C)ncc2-c2ccc(F)cc2)C1. The molecule has 31 heavy (non-hydrogen) atoms. The monoisotopic (exact) mass is 420 g/mol. The molecular weight excluding hydrogens is 391 g/mol. The van der Waals surface area contributed by atoms with E-state index in [1.807, 2.05) is 56.6 Å². The Bertz CT molecular complexity index is 1020. The lowest BCUT2D eigenvalue weighted by Crippen LogP contribution is -2.34. The lowest BCUT2D eigenvalue weighted by atomic mass is 9.89. The van der Waals surface area contributed by atoms with E-state index in [4.69, 9.17) is 4.98 Å². The van der Waals surface area contributed by atoms with Crippen LogP contribution in [-0.4, -0.2) is 54.1 Å². The molecule has 6 nitrogen and oxygen atoms in total.